The Bertz CT molecular complexity index is 850. The summed E-state index contributed by atoms with van der Waals surface area (Å²) in [4.78, 5) is 25.6. The molecule has 0 unspecified atom stereocenters. The molecule has 1 aromatic heterocycles. The Balaban J connectivity index is 1.63. The number of halogens is 1. The molecule has 1 fully saturated rings. The molecule has 1 N–H and O–H groups in total. The predicted octanol–water partition coefficient (Wildman–Crippen LogP) is 3.41. The van der Waals surface area contributed by atoms with Crippen LogP contribution in [-0.2, 0) is 0 Å². The average molecular weight is 387 g/mol. The van der Waals surface area contributed by atoms with E-state index >= 15 is 0 Å². The van der Waals surface area contributed by atoms with Crippen molar-refractivity contribution in [2.75, 3.05) is 43.5 Å². The van der Waals surface area contributed by atoms with Crippen molar-refractivity contribution in [2.45, 2.75) is 26.7 Å². The van der Waals surface area contributed by atoms with Gasteiger partial charge in [-0.05, 0) is 19.1 Å². The van der Waals surface area contributed by atoms with E-state index in [1.807, 2.05) is 13.0 Å². The summed E-state index contributed by atoms with van der Waals surface area (Å²) in [6.07, 6.45) is 0. The van der Waals surface area contributed by atoms with Crippen LogP contribution in [0.1, 0.15) is 31.3 Å². The number of anilines is 2. The van der Waals surface area contributed by atoms with Gasteiger partial charge in [-0.15, -0.1) is 0 Å². The smallest absolute Gasteiger partial charge is 0.322 e. The quantitative estimate of drug-likeness (QED) is 0.871. The number of hydrogen-bond acceptors (Lipinski definition) is 5. The topological polar surface area (TPSA) is 70.6 Å². The van der Waals surface area contributed by atoms with E-state index in [-0.39, 0.29) is 11.9 Å². The summed E-state index contributed by atoms with van der Waals surface area (Å²) >= 11 is 0. The van der Waals surface area contributed by atoms with Gasteiger partial charge in [0.05, 0.1) is 12.8 Å². The molecule has 7 nitrogen and oxygen atoms in total. The standard InChI is InChI=1S/C20H26FN5O2/c1-13(2)19-22-14(3)11-18(24-19)25-7-9-26(10-8-25)20(27)23-16-6-5-15(21)12-17(16)28-4/h5-6,11-13H,7-10H2,1-4H3,(H,23,27). The molecular formula is C20H26FN5O2. The van der Waals surface area contributed by atoms with Gasteiger partial charge in [-0.3, -0.25) is 0 Å². The number of methoxy groups -OCH3 is 1. The minimum Gasteiger partial charge on any atom is -0.494 e. The van der Waals surface area contributed by atoms with Crippen molar-refractivity contribution in [3.63, 3.8) is 0 Å². The molecule has 1 aliphatic rings. The average Bonchev–Trinajstić information content (AvgIpc) is 2.68. The first kappa shape index (κ1) is 19.9. The Morgan fingerprint density at radius 2 is 1.89 bits per heavy atom. The van der Waals surface area contributed by atoms with Crippen molar-refractivity contribution in [1.82, 2.24) is 14.9 Å². The molecule has 2 heterocycles. The minimum atomic E-state index is -0.413. The maximum atomic E-state index is 13.3. The number of aromatic nitrogens is 2. The fraction of sp³-hybridized carbons (Fsp3) is 0.450. The van der Waals surface area contributed by atoms with Gasteiger partial charge in [-0.1, -0.05) is 13.8 Å². The molecule has 0 spiro atoms. The summed E-state index contributed by atoms with van der Waals surface area (Å²) in [6.45, 7) is 8.61. The molecular weight excluding hydrogens is 361 g/mol. The van der Waals surface area contributed by atoms with Crippen molar-refractivity contribution < 1.29 is 13.9 Å². The lowest BCUT2D eigenvalue weighted by Gasteiger charge is -2.35. The summed E-state index contributed by atoms with van der Waals surface area (Å²) in [5.74, 6) is 1.88. The molecule has 0 atom stereocenters. The molecule has 150 valence electrons. The highest BCUT2D eigenvalue weighted by Gasteiger charge is 2.23. The van der Waals surface area contributed by atoms with Crippen LogP contribution in [0.3, 0.4) is 0 Å². The third-order valence-electron chi connectivity index (χ3n) is 4.67. The van der Waals surface area contributed by atoms with Crippen LogP contribution in [0.2, 0.25) is 0 Å². The van der Waals surface area contributed by atoms with Gasteiger partial charge in [0.2, 0.25) is 0 Å². The number of benzene rings is 1. The number of amides is 2. The summed E-state index contributed by atoms with van der Waals surface area (Å²) < 4.78 is 18.5. The summed E-state index contributed by atoms with van der Waals surface area (Å²) in [6, 6.07) is 5.79. The highest BCUT2D eigenvalue weighted by atomic mass is 19.1. The Labute approximate surface area is 164 Å². The second-order valence-corrected chi connectivity index (χ2v) is 7.13. The number of nitrogens with one attached hydrogen (secondary N) is 1. The van der Waals surface area contributed by atoms with E-state index in [4.69, 9.17) is 4.74 Å². The first-order valence-electron chi connectivity index (χ1n) is 9.37. The highest BCUT2D eigenvalue weighted by Crippen LogP contribution is 2.25. The van der Waals surface area contributed by atoms with Crippen LogP contribution in [-0.4, -0.2) is 54.2 Å². The van der Waals surface area contributed by atoms with Crippen LogP contribution >= 0.6 is 0 Å². The van der Waals surface area contributed by atoms with Gasteiger partial charge >= 0.3 is 6.03 Å². The molecule has 2 amide bonds. The lowest BCUT2D eigenvalue weighted by atomic mass is 10.2. The molecule has 8 heteroatoms. The minimum absolute atomic E-state index is 0.230. The Kier molecular flexibility index (Phi) is 5.96. The normalized spacial score (nSPS) is 14.4. The van der Waals surface area contributed by atoms with Gasteiger partial charge < -0.3 is 19.9 Å². The zero-order valence-corrected chi connectivity index (χ0v) is 16.7. The number of urea groups is 1. The molecule has 0 bridgehead atoms. The third-order valence-corrected chi connectivity index (χ3v) is 4.67. The second kappa shape index (κ2) is 8.41. The Hall–Kier alpha value is -2.90. The van der Waals surface area contributed by atoms with Crippen LogP contribution in [0.15, 0.2) is 24.3 Å². The Morgan fingerprint density at radius 1 is 1.18 bits per heavy atom. The monoisotopic (exact) mass is 387 g/mol. The van der Waals surface area contributed by atoms with Crippen molar-refractivity contribution in [3.05, 3.63) is 41.6 Å². The molecule has 0 aliphatic carbocycles. The molecule has 28 heavy (non-hydrogen) atoms. The van der Waals surface area contributed by atoms with Crippen LogP contribution in [0.25, 0.3) is 0 Å². The lowest BCUT2D eigenvalue weighted by Crippen LogP contribution is -2.50. The van der Waals surface area contributed by atoms with Gasteiger partial charge in [-0.25, -0.2) is 19.2 Å². The fourth-order valence-corrected chi connectivity index (χ4v) is 3.10. The van der Waals surface area contributed by atoms with E-state index in [1.165, 1.54) is 25.3 Å². The van der Waals surface area contributed by atoms with Crippen LogP contribution in [0, 0.1) is 12.7 Å². The first-order valence-corrected chi connectivity index (χ1v) is 9.37. The van der Waals surface area contributed by atoms with E-state index < -0.39 is 5.82 Å². The summed E-state index contributed by atoms with van der Waals surface area (Å²) in [7, 11) is 1.44. The van der Waals surface area contributed by atoms with Crippen molar-refractivity contribution >= 4 is 17.5 Å². The zero-order chi connectivity index (χ0) is 20.3. The molecule has 3 rings (SSSR count). The van der Waals surface area contributed by atoms with Crippen LogP contribution in [0.4, 0.5) is 20.7 Å². The molecule has 0 radical (unpaired) electrons. The largest absolute Gasteiger partial charge is 0.494 e. The lowest BCUT2D eigenvalue weighted by molar-refractivity contribution is 0.208. The molecule has 1 aromatic carbocycles. The SMILES string of the molecule is COc1cc(F)ccc1NC(=O)N1CCN(c2cc(C)nc(C(C)C)n2)CC1. The molecule has 2 aromatic rings. The molecule has 1 saturated heterocycles. The Morgan fingerprint density at radius 3 is 2.54 bits per heavy atom. The number of ether oxygens (including phenoxy) is 1. The summed E-state index contributed by atoms with van der Waals surface area (Å²) in [5, 5.41) is 2.80. The van der Waals surface area contributed by atoms with Crippen molar-refractivity contribution in [1.29, 1.82) is 0 Å². The van der Waals surface area contributed by atoms with E-state index in [0.29, 0.717) is 37.6 Å². The van der Waals surface area contributed by atoms with Gasteiger partial charge in [0.1, 0.15) is 23.2 Å². The fourth-order valence-electron chi connectivity index (χ4n) is 3.10. The number of hydrogen-bond donors (Lipinski definition) is 1. The van der Waals surface area contributed by atoms with Gasteiger partial charge in [0, 0.05) is 49.9 Å². The first-order chi connectivity index (χ1) is 13.4. The third kappa shape index (κ3) is 4.49. The molecule has 1 aliphatic heterocycles. The maximum Gasteiger partial charge on any atom is 0.322 e. The maximum absolute atomic E-state index is 13.3. The van der Waals surface area contributed by atoms with Crippen molar-refractivity contribution in [2.24, 2.45) is 0 Å². The van der Waals surface area contributed by atoms with Gasteiger partial charge in [-0.2, -0.15) is 0 Å². The van der Waals surface area contributed by atoms with Gasteiger partial charge in [0.15, 0.2) is 0 Å². The van der Waals surface area contributed by atoms with Crippen LogP contribution < -0.4 is 15.0 Å². The van der Waals surface area contributed by atoms with E-state index in [1.54, 1.807) is 4.90 Å². The van der Waals surface area contributed by atoms with Crippen LogP contribution in [0.5, 0.6) is 5.75 Å². The van der Waals surface area contributed by atoms with E-state index in [9.17, 15) is 9.18 Å². The van der Waals surface area contributed by atoms with E-state index in [2.05, 4.69) is 34.0 Å². The van der Waals surface area contributed by atoms with Crippen molar-refractivity contribution in [3.8, 4) is 5.75 Å². The number of carbonyl (C=O) groups is 1. The number of rotatable bonds is 4. The predicted molar refractivity (Wildman–Crippen MR) is 107 cm³/mol. The number of aryl methyl sites for hydroxylation is 1. The zero-order valence-electron chi connectivity index (χ0n) is 16.7. The second-order valence-electron chi connectivity index (χ2n) is 7.13. The van der Waals surface area contributed by atoms with Gasteiger partial charge in [0.25, 0.3) is 0 Å². The number of piperazine rings is 1. The van der Waals surface area contributed by atoms with E-state index in [0.717, 1.165) is 17.3 Å². The summed E-state index contributed by atoms with van der Waals surface area (Å²) in [5.41, 5.74) is 1.39. The highest BCUT2D eigenvalue weighted by molar-refractivity contribution is 5.91. The number of carbonyl (C=O) groups excluding carboxylic acids is 1. The number of nitrogens with zero attached hydrogens (tertiary/aromatic N) is 4. The molecule has 0 saturated carbocycles.